The van der Waals surface area contributed by atoms with Gasteiger partial charge in [-0.25, -0.2) is 4.79 Å². The molecule has 1 rings (SSSR count). The van der Waals surface area contributed by atoms with Crippen LogP contribution in [-0.4, -0.2) is 30.6 Å². The molecule has 1 aliphatic rings. The highest BCUT2D eigenvalue weighted by molar-refractivity contribution is 5.74. The van der Waals surface area contributed by atoms with E-state index >= 15 is 0 Å². The minimum absolute atomic E-state index is 0.120. The molecule has 0 aromatic heterocycles. The second-order valence-electron chi connectivity index (χ2n) is 5.82. The molecule has 0 unspecified atom stereocenters. The van der Waals surface area contributed by atoms with Crippen LogP contribution in [0.15, 0.2) is 0 Å². The van der Waals surface area contributed by atoms with Crippen LogP contribution in [0, 0.1) is 17.8 Å². The van der Waals surface area contributed by atoms with Gasteiger partial charge in [0.1, 0.15) is 0 Å². The second kappa shape index (κ2) is 6.12. The summed E-state index contributed by atoms with van der Waals surface area (Å²) >= 11 is 0. The van der Waals surface area contributed by atoms with Gasteiger partial charge in [-0.3, -0.25) is 0 Å². The third-order valence-electron chi connectivity index (χ3n) is 2.70. The summed E-state index contributed by atoms with van der Waals surface area (Å²) in [6.45, 7) is 11.2. The third-order valence-corrected chi connectivity index (χ3v) is 2.70. The SMILES string of the molecule is CC(C)CN(CC(C)C)C(=O)NCC1CC1. The van der Waals surface area contributed by atoms with Crippen LogP contribution in [0.3, 0.4) is 0 Å². The van der Waals surface area contributed by atoms with Crippen molar-refractivity contribution in [1.82, 2.24) is 10.2 Å². The first-order valence-electron chi connectivity index (χ1n) is 6.51. The lowest BCUT2D eigenvalue weighted by atomic mass is 10.1. The fourth-order valence-corrected chi connectivity index (χ4v) is 1.79. The molecule has 2 amide bonds. The maximum absolute atomic E-state index is 12.0. The fourth-order valence-electron chi connectivity index (χ4n) is 1.79. The largest absolute Gasteiger partial charge is 0.338 e. The zero-order valence-corrected chi connectivity index (χ0v) is 11.1. The first kappa shape index (κ1) is 13.3. The van der Waals surface area contributed by atoms with Crippen molar-refractivity contribution >= 4 is 6.03 Å². The summed E-state index contributed by atoms with van der Waals surface area (Å²) in [5.41, 5.74) is 0. The monoisotopic (exact) mass is 226 g/mol. The van der Waals surface area contributed by atoms with E-state index in [0.717, 1.165) is 25.6 Å². The smallest absolute Gasteiger partial charge is 0.317 e. The predicted molar refractivity (Wildman–Crippen MR) is 67.4 cm³/mol. The first-order valence-corrected chi connectivity index (χ1v) is 6.51. The number of carbonyl (C=O) groups excluding carboxylic acids is 1. The van der Waals surface area contributed by atoms with Crippen molar-refractivity contribution in [1.29, 1.82) is 0 Å². The molecule has 16 heavy (non-hydrogen) atoms. The molecule has 94 valence electrons. The Balaban J connectivity index is 2.34. The van der Waals surface area contributed by atoms with Gasteiger partial charge >= 0.3 is 6.03 Å². The lowest BCUT2D eigenvalue weighted by Gasteiger charge is -2.26. The van der Waals surface area contributed by atoms with E-state index in [2.05, 4.69) is 33.0 Å². The Morgan fingerprint density at radius 3 is 2.06 bits per heavy atom. The van der Waals surface area contributed by atoms with Crippen molar-refractivity contribution in [2.24, 2.45) is 17.8 Å². The maximum atomic E-state index is 12.0. The Morgan fingerprint density at radius 1 is 1.19 bits per heavy atom. The molecule has 0 atom stereocenters. The summed E-state index contributed by atoms with van der Waals surface area (Å²) < 4.78 is 0. The highest BCUT2D eigenvalue weighted by atomic mass is 16.2. The predicted octanol–water partition coefficient (Wildman–Crippen LogP) is 2.72. The highest BCUT2D eigenvalue weighted by Crippen LogP contribution is 2.27. The molecule has 0 heterocycles. The summed E-state index contributed by atoms with van der Waals surface area (Å²) in [6, 6.07) is 0.120. The number of nitrogens with zero attached hydrogens (tertiary/aromatic N) is 1. The lowest BCUT2D eigenvalue weighted by Crippen LogP contribution is -2.44. The zero-order chi connectivity index (χ0) is 12.1. The molecule has 1 N–H and O–H groups in total. The van der Waals surface area contributed by atoms with E-state index in [0.29, 0.717) is 11.8 Å². The van der Waals surface area contributed by atoms with E-state index in [9.17, 15) is 4.79 Å². The quantitative estimate of drug-likeness (QED) is 0.742. The Kier molecular flexibility index (Phi) is 5.10. The number of carbonyl (C=O) groups is 1. The number of amides is 2. The van der Waals surface area contributed by atoms with E-state index in [1.54, 1.807) is 0 Å². The van der Waals surface area contributed by atoms with E-state index < -0.39 is 0 Å². The molecular weight excluding hydrogens is 200 g/mol. The zero-order valence-electron chi connectivity index (χ0n) is 11.1. The van der Waals surface area contributed by atoms with E-state index in [1.165, 1.54) is 12.8 Å². The van der Waals surface area contributed by atoms with Crippen LogP contribution in [0.1, 0.15) is 40.5 Å². The number of hydrogen-bond acceptors (Lipinski definition) is 1. The summed E-state index contributed by atoms with van der Waals surface area (Å²) in [7, 11) is 0. The number of rotatable bonds is 6. The van der Waals surface area contributed by atoms with Gasteiger partial charge in [-0.15, -0.1) is 0 Å². The van der Waals surface area contributed by atoms with Crippen molar-refractivity contribution in [3.63, 3.8) is 0 Å². The summed E-state index contributed by atoms with van der Waals surface area (Å²) in [5, 5.41) is 3.04. The first-order chi connectivity index (χ1) is 7.49. The number of nitrogens with one attached hydrogen (secondary N) is 1. The molecule has 0 bridgehead atoms. The van der Waals surface area contributed by atoms with E-state index in [1.807, 2.05) is 4.90 Å². The molecule has 0 aliphatic heterocycles. The molecule has 0 aromatic carbocycles. The van der Waals surface area contributed by atoms with Gasteiger partial charge in [0.05, 0.1) is 0 Å². The minimum Gasteiger partial charge on any atom is -0.338 e. The molecular formula is C13H26N2O. The van der Waals surface area contributed by atoms with Crippen molar-refractivity contribution in [3.8, 4) is 0 Å². The van der Waals surface area contributed by atoms with Crippen molar-refractivity contribution in [2.75, 3.05) is 19.6 Å². The molecule has 1 aliphatic carbocycles. The molecule has 3 heteroatoms. The van der Waals surface area contributed by atoms with E-state index in [4.69, 9.17) is 0 Å². The Hall–Kier alpha value is -0.730. The average Bonchev–Trinajstić information content (AvgIpc) is 2.95. The molecule has 1 fully saturated rings. The second-order valence-corrected chi connectivity index (χ2v) is 5.82. The Morgan fingerprint density at radius 2 is 1.69 bits per heavy atom. The van der Waals surface area contributed by atoms with Crippen LogP contribution in [0.4, 0.5) is 4.79 Å². The highest BCUT2D eigenvalue weighted by Gasteiger charge is 2.23. The topological polar surface area (TPSA) is 32.3 Å². The molecule has 0 spiro atoms. The van der Waals surface area contributed by atoms with Gasteiger partial charge in [0.2, 0.25) is 0 Å². The van der Waals surface area contributed by atoms with Crippen LogP contribution >= 0.6 is 0 Å². The lowest BCUT2D eigenvalue weighted by molar-refractivity contribution is 0.183. The van der Waals surface area contributed by atoms with Crippen LogP contribution in [0.25, 0.3) is 0 Å². The van der Waals surface area contributed by atoms with Gasteiger partial charge in [0.15, 0.2) is 0 Å². The number of urea groups is 1. The van der Waals surface area contributed by atoms with Crippen LogP contribution in [0.5, 0.6) is 0 Å². The molecule has 0 saturated heterocycles. The van der Waals surface area contributed by atoms with Gasteiger partial charge in [0, 0.05) is 19.6 Å². The minimum atomic E-state index is 0.120. The molecule has 3 nitrogen and oxygen atoms in total. The van der Waals surface area contributed by atoms with Crippen LogP contribution in [-0.2, 0) is 0 Å². The van der Waals surface area contributed by atoms with Crippen molar-refractivity contribution < 1.29 is 4.79 Å². The van der Waals surface area contributed by atoms with Crippen molar-refractivity contribution in [3.05, 3.63) is 0 Å². The number of hydrogen-bond donors (Lipinski definition) is 1. The third kappa shape index (κ3) is 5.38. The van der Waals surface area contributed by atoms with Gasteiger partial charge in [-0.2, -0.15) is 0 Å². The summed E-state index contributed by atoms with van der Waals surface area (Å²) in [6.07, 6.45) is 2.57. The van der Waals surface area contributed by atoms with Crippen LogP contribution in [0.2, 0.25) is 0 Å². The van der Waals surface area contributed by atoms with Gasteiger partial charge < -0.3 is 10.2 Å². The van der Waals surface area contributed by atoms with Crippen LogP contribution < -0.4 is 5.32 Å². The Labute approximate surface area is 99.6 Å². The molecule has 0 aromatic rings. The summed E-state index contributed by atoms with van der Waals surface area (Å²) in [5.74, 6) is 1.82. The average molecular weight is 226 g/mol. The Bertz CT molecular complexity index is 212. The molecule has 1 saturated carbocycles. The van der Waals surface area contributed by atoms with Gasteiger partial charge in [-0.1, -0.05) is 27.7 Å². The summed E-state index contributed by atoms with van der Waals surface area (Å²) in [4.78, 5) is 13.9. The van der Waals surface area contributed by atoms with E-state index in [-0.39, 0.29) is 6.03 Å². The maximum Gasteiger partial charge on any atom is 0.317 e. The van der Waals surface area contributed by atoms with Gasteiger partial charge in [-0.05, 0) is 30.6 Å². The molecule has 0 radical (unpaired) electrons. The normalized spacial score (nSPS) is 15.6. The van der Waals surface area contributed by atoms with Crippen molar-refractivity contribution in [2.45, 2.75) is 40.5 Å². The van der Waals surface area contributed by atoms with Gasteiger partial charge in [0.25, 0.3) is 0 Å². The fraction of sp³-hybridized carbons (Fsp3) is 0.923. The standard InChI is InChI=1S/C13H26N2O/c1-10(2)8-15(9-11(3)4)13(16)14-7-12-5-6-12/h10-12H,5-9H2,1-4H3,(H,14,16).